The van der Waals surface area contributed by atoms with E-state index in [1.54, 1.807) is 0 Å². The van der Waals surface area contributed by atoms with Crippen LogP contribution in [0.1, 0.15) is 11.8 Å². The second-order valence-corrected chi connectivity index (χ2v) is 2.70. The Morgan fingerprint density at radius 1 is 1.23 bits per heavy atom. The van der Waals surface area contributed by atoms with E-state index in [1.165, 1.54) is 0 Å². The zero-order valence-corrected chi connectivity index (χ0v) is 7.19. The minimum atomic E-state index is -4.31. The molecule has 1 rings (SSSR count). The van der Waals surface area contributed by atoms with Crippen molar-refractivity contribution in [3.63, 3.8) is 0 Å². The molecule has 1 aromatic heterocycles. The summed E-state index contributed by atoms with van der Waals surface area (Å²) in [5.74, 6) is -0.0462. The average molecular weight is 215 g/mol. The first-order chi connectivity index (χ1) is 6.01. The predicted molar refractivity (Wildman–Crippen MR) is 38.5 cm³/mol. The summed E-state index contributed by atoms with van der Waals surface area (Å²) in [6, 6.07) is 0. The fourth-order valence-corrected chi connectivity index (χ4v) is 0.875. The number of aromatic nitrogens is 2. The lowest BCUT2D eigenvalue weighted by Crippen LogP contribution is -2.11. The van der Waals surface area contributed by atoms with Gasteiger partial charge in [-0.25, -0.2) is 0 Å². The molecule has 1 aromatic rings. The van der Waals surface area contributed by atoms with Gasteiger partial charge in [-0.2, -0.15) is 13.2 Å². The molecule has 0 aliphatic rings. The summed E-state index contributed by atoms with van der Waals surface area (Å²) in [4.78, 5) is 0. The Hall–Kier alpha value is -0.780. The zero-order chi connectivity index (χ0) is 9.90. The van der Waals surface area contributed by atoms with Crippen molar-refractivity contribution in [1.29, 1.82) is 0 Å². The van der Waals surface area contributed by atoms with Crippen molar-refractivity contribution in [2.24, 2.45) is 0 Å². The molecule has 0 saturated carbocycles. The molecule has 74 valence electrons. The van der Waals surface area contributed by atoms with Crippen molar-refractivity contribution in [2.45, 2.75) is 19.0 Å². The second kappa shape index (κ2) is 3.95. The maximum absolute atomic E-state index is 11.8. The SMILES string of the molecule is FC(F)(F)Cc1nnc(CCCl)o1. The van der Waals surface area contributed by atoms with E-state index in [0.29, 0.717) is 0 Å². The third-order valence-electron chi connectivity index (χ3n) is 1.17. The molecule has 0 unspecified atom stereocenters. The quantitative estimate of drug-likeness (QED) is 0.722. The molecule has 3 nitrogen and oxygen atoms in total. The topological polar surface area (TPSA) is 38.9 Å². The van der Waals surface area contributed by atoms with Gasteiger partial charge in [-0.05, 0) is 0 Å². The van der Waals surface area contributed by atoms with Gasteiger partial charge in [-0.15, -0.1) is 21.8 Å². The van der Waals surface area contributed by atoms with Crippen LogP contribution in [-0.2, 0) is 12.8 Å². The highest BCUT2D eigenvalue weighted by molar-refractivity contribution is 6.17. The Labute approximate surface area is 76.9 Å². The average Bonchev–Trinajstić information content (AvgIpc) is 2.33. The molecule has 0 bridgehead atoms. The molecule has 0 radical (unpaired) electrons. The fraction of sp³-hybridized carbons (Fsp3) is 0.667. The van der Waals surface area contributed by atoms with Gasteiger partial charge in [0.25, 0.3) is 0 Å². The van der Waals surface area contributed by atoms with E-state index in [0.717, 1.165) is 0 Å². The molecule has 0 aliphatic heterocycles. The number of halogens is 4. The van der Waals surface area contributed by atoms with Crippen LogP contribution in [-0.4, -0.2) is 22.3 Å². The molecule has 13 heavy (non-hydrogen) atoms. The van der Waals surface area contributed by atoms with E-state index in [1.807, 2.05) is 0 Å². The Kier molecular flexibility index (Phi) is 3.13. The van der Waals surface area contributed by atoms with Crippen LogP contribution in [0.5, 0.6) is 0 Å². The first kappa shape index (κ1) is 10.3. The summed E-state index contributed by atoms with van der Waals surface area (Å²) >= 11 is 5.33. The van der Waals surface area contributed by atoms with Crippen LogP contribution in [0, 0.1) is 0 Å². The third-order valence-corrected chi connectivity index (χ3v) is 1.36. The molecule has 7 heteroatoms. The first-order valence-corrected chi connectivity index (χ1v) is 3.98. The number of hydrogen-bond acceptors (Lipinski definition) is 3. The molecule has 0 amide bonds. The van der Waals surface area contributed by atoms with E-state index < -0.39 is 18.5 Å². The van der Waals surface area contributed by atoms with Gasteiger partial charge in [0, 0.05) is 12.3 Å². The lowest BCUT2D eigenvalue weighted by Gasteiger charge is -1.99. The van der Waals surface area contributed by atoms with E-state index >= 15 is 0 Å². The number of alkyl halides is 4. The summed E-state index contributed by atoms with van der Waals surface area (Å²) in [5.41, 5.74) is 0. The fourth-order valence-electron chi connectivity index (χ4n) is 0.713. The van der Waals surface area contributed by atoms with Crippen molar-refractivity contribution < 1.29 is 17.6 Å². The van der Waals surface area contributed by atoms with Gasteiger partial charge in [0.05, 0.1) is 0 Å². The maximum Gasteiger partial charge on any atom is 0.397 e. The van der Waals surface area contributed by atoms with E-state index in [2.05, 4.69) is 14.6 Å². The van der Waals surface area contributed by atoms with Crippen LogP contribution in [0.15, 0.2) is 4.42 Å². The van der Waals surface area contributed by atoms with Gasteiger partial charge >= 0.3 is 6.18 Å². The van der Waals surface area contributed by atoms with Crippen LogP contribution < -0.4 is 0 Å². The Balaban J connectivity index is 2.59. The first-order valence-electron chi connectivity index (χ1n) is 3.45. The van der Waals surface area contributed by atoms with Crippen molar-refractivity contribution in [3.05, 3.63) is 11.8 Å². The zero-order valence-electron chi connectivity index (χ0n) is 6.44. The van der Waals surface area contributed by atoms with Crippen LogP contribution >= 0.6 is 11.6 Å². The summed E-state index contributed by atoms with van der Waals surface area (Å²) in [7, 11) is 0. The van der Waals surface area contributed by atoms with Gasteiger partial charge in [0.1, 0.15) is 6.42 Å². The molecular formula is C6H6ClF3N2O. The third kappa shape index (κ3) is 3.63. The second-order valence-electron chi connectivity index (χ2n) is 2.32. The minimum Gasteiger partial charge on any atom is -0.425 e. The Bertz CT molecular complexity index is 273. The highest BCUT2D eigenvalue weighted by Gasteiger charge is 2.30. The molecule has 0 fully saturated rings. The minimum absolute atomic E-state index is 0.134. The molecule has 0 spiro atoms. The van der Waals surface area contributed by atoms with Crippen LogP contribution in [0.4, 0.5) is 13.2 Å². The normalized spacial score (nSPS) is 12.0. The maximum atomic E-state index is 11.8. The Morgan fingerprint density at radius 3 is 2.38 bits per heavy atom. The van der Waals surface area contributed by atoms with Gasteiger partial charge in [0.2, 0.25) is 11.8 Å². The van der Waals surface area contributed by atoms with Gasteiger partial charge < -0.3 is 4.42 Å². The highest BCUT2D eigenvalue weighted by atomic mass is 35.5. The van der Waals surface area contributed by atoms with Crippen molar-refractivity contribution >= 4 is 11.6 Å². The Morgan fingerprint density at radius 2 is 1.85 bits per heavy atom. The summed E-state index contributed by atoms with van der Waals surface area (Å²) < 4.78 is 40.0. The van der Waals surface area contributed by atoms with Gasteiger partial charge in [-0.3, -0.25) is 0 Å². The van der Waals surface area contributed by atoms with Crippen LogP contribution in [0.25, 0.3) is 0 Å². The van der Waals surface area contributed by atoms with Crippen molar-refractivity contribution in [1.82, 2.24) is 10.2 Å². The molecular weight excluding hydrogens is 209 g/mol. The number of rotatable bonds is 3. The predicted octanol–water partition coefficient (Wildman–Crippen LogP) is 1.96. The van der Waals surface area contributed by atoms with E-state index in [-0.39, 0.29) is 18.2 Å². The molecule has 1 heterocycles. The number of aryl methyl sites for hydroxylation is 1. The monoisotopic (exact) mass is 214 g/mol. The molecule has 0 atom stereocenters. The molecule has 0 saturated heterocycles. The summed E-state index contributed by atoms with van der Waals surface area (Å²) in [6.07, 6.45) is -5.22. The molecule has 0 aromatic carbocycles. The summed E-state index contributed by atoms with van der Waals surface area (Å²) in [6.45, 7) is 0. The molecule has 0 N–H and O–H groups in total. The van der Waals surface area contributed by atoms with E-state index in [4.69, 9.17) is 11.6 Å². The van der Waals surface area contributed by atoms with Gasteiger partial charge in [0.15, 0.2) is 0 Å². The van der Waals surface area contributed by atoms with Crippen LogP contribution in [0.3, 0.4) is 0 Å². The lowest BCUT2D eigenvalue weighted by molar-refractivity contribution is -0.130. The van der Waals surface area contributed by atoms with E-state index in [9.17, 15) is 13.2 Å². The van der Waals surface area contributed by atoms with Gasteiger partial charge in [-0.1, -0.05) is 0 Å². The highest BCUT2D eigenvalue weighted by Crippen LogP contribution is 2.20. The smallest absolute Gasteiger partial charge is 0.397 e. The largest absolute Gasteiger partial charge is 0.425 e. The van der Waals surface area contributed by atoms with Crippen molar-refractivity contribution in [2.75, 3.05) is 5.88 Å². The lowest BCUT2D eigenvalue weighted by atomic mass is 10.4. The van der Waals surface area contributed by atoms with Crippen LogP contribution in [0.2, 0.25) is 0 Å². The van der Waals surface area contributed by atoms with Crippen molar-refractivity contribution in [3.8, 4) is 0 Å². The number of nitrogens with zero attached hydrogens (tertiary/aromatic N) is 2. The molecule has 0 aliphatic carbocycles. The summed E-state index contributed by atoms with van der Waals surface area (Å²) in [5, 5.41) is 6.61. The number of hydrogen-bond donors (Lipinski definition) is 0. The standard InChI is InChI=1S/C6H6ClF3N2O/c7-2-1-4-11-12-5(13-4)3-6(8,9)10/h1-3H2.